The SMILES string of the molecule is CCN(CCCCl)Cc1nc(C)c(C)s1. The second-order valence-electron chi connectivity index (χ2n) is 3.66. The van der Waals surface area contributed by atoms with Crippen molar-refractivity contribution in [2.75, 3.05) is 19.0 Å². The first-order valence-corrected chi connectivity index (χ1v) is 6.73. The van der Waals surface area contributed by atoms with Crippen LogP contribution in [0.2, 0.25) is 0 Å². The van der Waals surface area contributed by atoms with Crippen molar-refractivity contribution in [1.82, 2.24) is 9.88 Å². The Morgan fingerprint density at radius 3 is 2.60 bits per heavy atom. The summed E-state index contributed by atoms with van der Waals surface area (Å²) in [5, 5.41) is 1.22. The summed E-state index contributed by atoms with van der Waals surface area (Å²) in [6, 6.07) is 0. The van der Waals surface area contributed by atoms with Crippen molar-refractivity contribution in [3.05, 3.63) is 15.6 Å². The maximum Gasteiger partial charge on any atom is 0.107 e. The minimum atomic E-state index is 0.742. The number of hydrogen-bond donors (Lipinski definition) is 0. The molecular weight excluding hydrogens is 228 g/mol. The number of rotatable bonds is 6. The summed E-state index contributed by atoms with van der Waals surface area (Å²) in [4.78, 5) is 8.27. The Hall–Kier alpha value is -0.120. The molecule has 0 radical (unpaired) electrons. The Morgan fingerprint density at radius 2 is 2.13 bits per heavy atom. The van der Waals surface area contributed by atoms with E-state index in [-0.39, 0.29) is 0 Å². The van der Waals surface area contributed by atoms with Crippen LogP contribution in [0.25, 0.3) is 0 Å². The van der Waals surface area contributed by atoms with Crippen molar-refractivity contribution in [2.45, 2.75) is 33.7 Å². The molecule has 1 heterocycles. The van der Waals surface area contributed by atoms with Crippen LogP contribution in [0.5, 0.6) is 0 Å². The average Bonchev–Trinajstić information content (AvgIpc) is 2.53. The second kappa shape index (κ2) is 6.46. The fraction of sp³-hybridized carbons (Fsp3) is 0.727. The van der Waals surface area contributed by atoms with Gasteiger partial charge in [-0.05, 0) is 33.4 Å². The molecule has 0 bridgehead atoms. The lowest BCUT2D eigenvalue weighted by molar-refractivity contribution is 0.281. The first kappa shape index (κ1) is 12.9. The van der Waals surface area contributed by atoms with Gasteiger partial charge >= 0.3 is 0 Å². The van der Waals surface area contributed by atoms with E-state index in [2.05, 4.69) is 30.7 Å². The van der Waals surface area contributed by atoms with Crippen molar-refractivity contribution >= 4 is 22.9 Å². The quantitative estimate of drug-likeness (QED) is 0.717. The molecule has 0 unspecified atom stereocenters. The number of aryl methyl sites for hydroxylation is 2. The monoisotopic (exact) mass is 246 g/mol. The average molecular weight is 247 g/mol. The number of alkyl halides is 1. The summed E-state index contributed by atoms with van der Waals surface area (Å²) in [5.74, 6) is 0.742. The summed E-state index contributed by atoms with van der Waals surface area (Å²) < 4.78 is 0. The molecule has 4 heteroatoms. The molecule has 86 valence electrons. The molecule has 0 aromatic carbocycles. The van der Waals surface area contributed by atoms with Gasteiger partial charge in [0.2, 0.25) is 0 Å². The van der Waals surface area contributed by atoms with Crippen molar-refractivity contribution < 1.29 is 0 Å². The zero-order valence-corrected chi connectivity index (χ0v) is 11.3. The Morgan fingerprint density at radius 1 is 1.40 bits per heavy atom. The minimum absolute atomic E-state index is 0.742. The highest BCUT2D eigenvalue weighted by molar-refractivity contribution is 7.11. The smallest absolute Gasteiger partial charge is 0.107 e. The van der Waals surface area contributed by atoms with Gasteiger partial charge in [-0.3, -0.25) is 4.90 Å². The van der Waals surface area contributed by atoms with Gasteiger partial charge in [0.1, 0.15) is 5.01 Å². The lowest BCUT2D eigenvalue weighted by Crippen LogP contribution is -2.24. The number of hydrogen-bond acceptors (Lipinski definition) is 3. The van der Waals surface area contributed by atoms with Gasteiger partial charge in [-0.2, -0.15) is 0 Å². The van der Waals surface area contributed by atoms with Crippen LogP contribution in [-0.4, -0.2) is 28.9 Å². The molecule has 0 aliphatic rings. The number of aromatic nitrogens is 1. The largest absolute Gasteiger partial charge is 0.297 e. The highest BCUT2D eigenvalue weighted by atomic mass is 35.5. The minimum Gasteiger partial charge on any atom is -0.297 e. The van der Waals surface area contributed by atoms with E-state index in [1.54, 1.807) is 11.3 Å². The fourth-order valence-electron chi connectivity index (χ4n) is 1.43. The molecule has 0 aliphatic carbocycles. The molecule has 0 atom stereocenters. The van der Waals surface area contributed by atoms with Crippen molar-refractivity contribution in [2.24, 2.45) is 0 Å². The highest BCUT2D eigenvalue weighted by Gasteiger charge is 2.08. The van der Waals surface area contributed by atoms with Crippen LogP contribution in [0.4, 0.5) is 0 Å². The molecule has 0 N–H and O–H groups in total. The van der Waals surface area contributed by atoms with Crippen LogP contribution >= 0.6 is 22.9 Å². The molecule has 0 fully saturated rings. The van der Waals surface area contributed by atoms with Gasteiger partial charge in [0.15, 0.2) is 0 Å². The molecule has 1 rings (SSSR count). The predicted molar refractivity (Wildman–Crippen MR) is 67.9 cm³/mol. The van der Waals surface area contributed by atoms with Gasteiger partial charge in [-0.25, -0.2) is 4.98 Å². The predicted octanol–water partition coefficient (Wildman–Crippen LogP) is 3.21. The third kappa shape index (κ3) is 4.09. The van der Waals surface area contributed by atoms with E-state index in [0.29, 0.717) is 0 Å². The van der Waals surface area contributed by atoms with Crippen molar-refractivity contribution in [3.63, 3.8) is 0 Å². The van der Waals surface area contributed by atoms with Gasteiger partial charge in [-0.1, -0.05) is 6.92 Å². The van der Waals surface area contributed by atoms with Gasteiger partial charge in [0, 0.05) is 10.8 Å². The zero-order valence-electron chi connectivity index (χ0n) is 9.72. The van der Waals surface area contributed by atoms with Gasteiger partial charge < -0.3 is 0 Å². The molecule has 2 nitrogen and oxygen atoms in total. The zero-order chi connectivity index (χ0) is 11.3. The Bertz CT molecular complexity index is 279. The normalized spacial score (nSPS) is 11.3. The topological polar surface area (TPSA) is 16.1 Å². The maximum absolute atomic E-state index is 5.70. The Balaban J connectivity index is 2.50. The lowest BCUT2D eigenvalue weighted by atomic mass is 10.4. The number of nitrogens with zero attached hydrogens (tertiary/aromatic N) is 2. The molecule has 1 aromatic heterocycles. The van der Waals surface area contributed by atoms with Crippen molar-refractivity contribution in [3.8, 4) is 0 Å². The lowest BCUT2D eigenvalue weighted by Gasteiger charge is -2.17. The van der Waals surface area contributed by atoms with Crippen LogP contribution in [-0.2, 0) is 6.54 Å². The summed E-state index contributed by atoms with van der Waals surface area (Å²) >= 11 is 7.50. The van der Waals surface area contributed by atoms with Crippen LogP contribution in [0, 0.1) is 13.8 Å². The van der Waals surface area contributed by atoms with Crippen LogP contribution in [0.1, 0.15) is 28.9 Å². The van der Waals surface area contributed by atoms with Gasteiger partial charge in [0.05, 0.1) is 12.2 Å². The Kier molecular flexibility index (Phi) is 5.58. The second-order valence-corrected chi connectivity index (χ2v) is 5.33. The molecule has 0 spiro atoms. The first-order valence-electron chi connectivity index (χ1n) is 5.38. The third-order valence-electron chi connectivity index (χ3n) is 2.49. The Labute approximate surface area is 101 Å². The van der Waals surface area contributed by atoms with E-state index < -0.39 is 0 Å². The van der Waals surface area contributed by atoms with E-state index in [4.69, 9.17) is 11.6 Å². The molecule has 0 saturated carbocycles. The molecule has 0 aliphatic heterocycles. The van der Waals surface area contributed by atoms with Crippen LogP contribution in [0.15, 0.2) is 0 Å². The van der Waals surface area contributed by atoms with E-state index in [1.165, 1.54) is 15.6 Å². The van der Waals surface area contributed by atoms with Crippen molar-refractivity contribution in [1.29, 1.82) is 0 Å². The summed E-state index contributed by atoms with van der Waals surface area (Å²) in [6.07, 6.45) is 1.05. The van der Waals surface area contributed by atoms with Gasteiger partial charge in [-0.15, -0.1) is 22.9 Å². The highest BCUT2D eigenvalue weighted by Crippen LogP contribution is 2.18. The summed E-state index contributed by atoms with van der Waals surface area (Å²) in [5.41, 5.74) is 1.17. The van der Waals surface area contributed by atoms with Crippen LogP contribution < -0.4 is 0 Å². The number of thiazole rings is 1. The van der Waals surface area contributed by atoms with E-state index in [0.717, 1.165) is 31.9 Å². The van der Waals surface area contributed by atoms with Crippen LogP contribution in [0.3, 0.4) is 0 Å². The standard InChI is InChI=1S/C11H19ClN2S/c1-4-14(7-5-6-12)8-11-13-9(2)10(3)15-11/h4-8H2,1-3H3. The molecule has 0 amide bonds. The molecule has 0 saturated heterocycles. The van der Waals surface area contributed by atoms with E-state index >= 15 is 0 Å². The molecule has 1 aromatic rings. The fourth-order valence-corrected chi connectivity index (χ4v) is 2.53. The molecular formula is C11H19ClN2S. The van der Waals surface area contributed by atoms with E-state index in [9.17, 15) is 0 Å². The van der Waals surface area contributed by atoms with Gasteiger partial charge in [0.25, 0.3) is 0 Å². The first-order chi connectivity index (χ1) is 7.17. The van der Waals surface area contributed by atoms with E-state index in [1.807, 2.05) is 0 Å². The maximum atomic E-state index is 5.70. The summed E-state index contributed by atoms with van der Waals surface area (Å²) in [6.45, 7) is 9.48. The summed E-state index contributed by atoms with van der Waals surface area (Å²) in [7, 11) is 0. The number of halogens is 1. The third-order valence-corrected chi connectivity index (χ3v) is 3.81. The molecule has 15 heavy (non-hydrogen) atoms.